The average Bonchev–Trinajstić information content (AvgIpc) is 3.27. The first kappa shape index (κ1) is 16.5. The molecule has 0 aliphatic rings. The largest absolute Gasteiger partial charge is 0.469 e. The molecular weight excluding hydrogens is 322 g/mol. The van der Waals surface area contributed by atoms with Crippen LogP contribution in [0.3, 0.4) is 0 Å². The maximum atomic E-state index is 11.9. The predicted molar refractivity (Wildman–Crippen MR) is 87.4 cm³/mol. The lowest BCUT2D eigenvalue weighted by molar-refractivity contribution is -0.114. The highest BCUT2D eigenvalue weighted by molar-refractivity contribution is 6.42. The molecule has 25 heavy (non-hydrogen) atoms. The zero-order chi connectivity index (χ0) is 17.8. The summed E-state index contributed by atoms with van der Waals surface area (Å²) in [6.45, 7) is 1.52. The molecule has 2 heterocycles. The van der Waals surface area contributed by atoms with Crippen LogP contribution in [0.15, 0.2) is 47.3 Å². The van der Waals surface area contributed by atoms with Gasteiger partial charge in [-0.1, -0.05) is 24.3 Å². The molecule has 0 aliphatic heterocycles. The minimum absolute atomic E-state index is 0.0201. The zero-order valence-corrected chi connectivity index (χ0v) is 13.5. The van der Waals surface area contributed by atoms with Crippen molar-refractivity contribution in [3.63, 3.8) is 0 Å². The van der Waals surface area contributed by atoms with E-state index in [4.69, 9.17) is 4.42 Å². The van der Waals surface area contributed by atoms with E-state index in [9.17, 15) is 14.4 Å². The van der Waals surface area contributed by atoms with Gasteiger partial charge in [0.25, 0.3) is 5.78 Å². The van der Waals surface area contributed by atoms with E-state index in [2.05, 4.69) is 15.2 Å². The van der Waals surface area contributed by atoms with E-state index < -0.39 is 11.6 Å². The van der Waals surface area contributed by atoms with E-state index in [0.717, 1.165) is 11.1 Å². The van der Waals surface area contributed by atoms with Crippen molar-refractivity contribution in [1.29, 1.82) is 0 Å². The van der Waals surface area contributed by atoms with Gasteiger partial charge in [-0.2, -0.15) is 0 Å². The van der Waals surface area contributed by atoms with Crippen LogP contribution in [0.25, 0.3) is 0 Å². The van der Waals surface area contributed by atoms with Crippen LogP contribution in [-0.2, 0) is 17.6 Å². The van der Waals surface area contributed by atoms with Gasteiger partial charge in [-0.05, 0) is 24.1 Å². The number of benzene rings is 1. The second kappa shape index (κ2) is 7.04. The van der Waals surface area contributed by atoms with E-state index in [-0.39, 0.29) is 18.0 Å². The van der Waals surface area contributed by atoms with Crippen molar-refractivity contribution in [2.24, 2.45) is 0 Å². The molecule has 0 atom stereocenters. The fraction of sp³-hybridized carbons (Fsp3) is 0.167. The number of rotatable bonds is 7. The molecule has 0 spiro atoms. The highest BCUT2D eigenvalue weighted by atomic mass is 16.3. The van der Waals surface area contributed by atoms with Crippen molar-refractivity contribution in [2.75, 3.05) is 0 Å². The van der Waals surface area contributed by atoms with Crippen LogP contribution in [0.1, 0.15) is 44.8 Å². The molecule has 0 fully saturated rings. The summed E-state index contributed by atoms with van der Waals surface area (Å²) in [5.74, 6) is -1.11. The lowest BCUT2D eigenvalue weighted by Gasteiger charge is -2.00. The van der Waals surface area contributed by atoms with Gasteiger partial charge >= 0.3 is 0 Å². The van der Waals surface area contributed by atoms with Gasteiger partial charge in [0.1, 0.15) is 12.1 Å². The number of hydrogen-bond donors (Lipinski definition) is 1. The van der Waals surface area contributed by atoms with Crippen LogP contribution >= 0.6 is 0 Å². The molecule has 7 heteroatoms. The van der Waals surface area contributed by atoms with Crippen LogP contribution in [0.2, 0.25) is 0 Å². The number of carbonyl (C=O) groups excluding carboxylic acids is 3. The Morgan fingerprint density at radius 3 is 2.52 bits per heavy atom. The lowest BCUT2D eigenvalue weighted by Crippen LogP contribution is -2.17. The van der Waals surface area contributed by atoms with E-state index in [1.807, 2.05) is 12.1 Å². The SMILES string of the molecule is CC(=O)c1ccc(Cc2coc(CC(=O)C(=O)c3nc[nH]n3)c2)cc1. The molecule has 0 saturated carbocycles. The first-order valence-electron chi connectivity index (χ1n) is 7.62. The van der Waals surface area contributed by atoms with Gasteiger partial charge in [0.05, 0.1) is 12.7 Å². The zero-order valence-electron chi connectivity index (χ0n) is 13.5. The van der Waals surface area contributed by atoms with Crippen LogP contribution in [0, 0.1) is 0 Å². The summed E-state index contributed by atoms with van der Waals surface area (Å²) < 4.78 is 5.36. The van der Waals surface area contributed by atoms with Crippen LogP contribution in [0.5, 0.6) is 0 Å². The summed E-state index contributed by atoms with van der Waals surface area (Å²) in [6, 6.07) is 9.04. The van der Waals surface area contributed by atoms with Crippen molar-refractivity contribution in [1.82, 2.24) is 15.2 Å². The lowest BCUT2D eigenvalue weighted by atomic mass is 10.0. The summed E-state index contributed by atoms with van der Waals surface area (Å²) in [7, 11) is 0. The molecular formula is C18H15N3O4. The molecule has 0 aliphatic carbocycles. The molecule has 3 aromatic rings. The third kappa shape index (κ3) is 3.95. The number of aromatic nitrogens is 3. The summed E-state index contributed by atoms with van der Waals surface area (Å²) in [5.41, 5.74) is 2.55. The summed E-state index contributed by atoms with van der Waals surface area (Å²) in [6.07, 6.45) is 3.25. The molecule has 0 amide bonds. The first-order valence-corrected chi connectivity index (χ1v) is 7.62. The highest BCUT2D eigenvalue weighted by Gasteiger charge is 2.21. The first-order chi connectivity index (χ1) is 12.0. The van der Waals surface area contributed by atoms with Gasteiger partial charge in [0.15, 0.2) is 5.78 Å². The molecule has 0 saturated heterocycles. The van der Waals surface area contributed by atoms with E-state index >= 15 is 0 Å². The molecule has 0 bridgehead atoms. The Balaban J connectivity index is 1.63. The molecule has 0 radical (unpaired) electrons. The standard InChI is InChI=1S/C18H15N3O4/c1-11(22)14-4-2-12(3-5-14)6-13-7-15(25-9-13)8-16(23)17(24)18-19-10-20-21-18/h2-5,7,9-10H,6,8H2,1H3,(H,19,20,21). The fourth-order valence-electron chi connectivity index (χ4n) is 2.39. The molecule has 1 aromatic carbocycles. The number of H-pyrrole nitrogens is 1. The number of carbonyl (C=O) groups is 3. The Labute approximate surface area is 143 Å². The van der Waals surface area contributed by atoms with E-state index in [1.54, 1.807) is 24.5 Å². The summed E-state index contributed by atoms with van der Waals surface area (Å²) in [4.78, 5) is 38.7. The van der Waals surface area contributed by atoms with Crippen molar-refractivity contribution in [2.45, 2.75) is 19.8 Å². The maximum absolute atomic E-state index is 11.9. The number of nitrogens with one attached hydrogen (secondary N) is 1. The summed E-state index contributed by atoms with van der Waals surface area (Å²) >= 11 is 0. The number of Topliss-reactive ketones (excluding diaryl/α,β-unsaturated/α-hetero) is 3. The molecule has 3 rings (SSSR count). The van der Waals surface area contributed by atoms with Crippen molar-refractivity contribution < 1.29 is 18.8 Å². The summed E-state index contributed by atoms with van der Waals surface area (Å²) in [5, 5.41) is 5.99. The second-order valence-corrected chi connectivity index (χ2v) is 5.60. The van der Waals surface area contributed by atoms with Crippen LogP contribution in [-0.4, -0.2) is 32.5 Å². The number of aromatic amines is 1. The van der Waals surface area contributed by atoms with Gasteiger partial charge in [0.2, 0.25) is 11.6 Å². The van der Waals surface area contributed by atoms with Gasteiger partial charge in [-0.3, -0.25) is 19.5 Å². The Morgan fingerprint density at radius 1 is 1.12 bits per heavy atom. The number of furan rings is 1. The van der Waals surface area contributed by atoms with Crippen molar-refractivity contribution in [3.8, 4) is 0 Å². The smallest absolute Gasteiger partial charge is 0.268 e. The minimum Gasteiger partial charge on any atom is -0.469 e. The van der Waals surface area contributed by atoms with E-state index in [1.165, 1.54) is 13.3 Å². The van der Waals surface area contributed by atoms with Crippen LogP contribution < -0.4 is 0 Å². The maximum Gasteiger partial charge on any atom is 0.268 e. The Hall–Kier alpha value is -3.35. The normalized spacial score (nSPS) is 10.6. The van der Waals surface area contributed by atoms with Crippen LogP contribution in [0.4, 0.5) is 0 Å². The van der Waals surface area contributed by atoms with Crippen molar-refractivity contribution >= 4 is 17.3 Å². The molecule has 0 unspecified atom stereocenters. The van der Waals surface area contributed by atoms with Gasteiger partial charge in [0, 0.05) is 12.0 Å². The highest BCUT2D eigenvalue weighted by Crippen LogP contribution is 2.15. The fourth-order valence-corrected chi connectivity index (χ4v) is 2.39. The number of ketones is 3. The average molecular weight is 337 g/mol. The molecule has 7 nitrogen and oxygen atoms in total. The third-order valence-electron chi connectivity index (χ3n) is 3.68. The number of hydrogen-bond acceptors (Lipinski definition) is 6. The van der Waals surface area contributed by atoms with Gasteiger partial charge in [-0.15, -0.1) is 5.10 Å². The quantitative estimate of drug-likeness (QED) is 0.523. The Bertz CT molecular complexity index is 908. The topological polar surface area (TPSA) is 106 Å². The van der Waals surface area contributed by atoms with Crippen molar-refractivity contribution in [3.05, 3.63) is 71.2 Å². The number of nitrogens with zero attached hydrogens (tertiary/aromatic N) is 2. The minimum atomic E-state index is -0.751. The third-order valence-corrected chi connectivity index (χ3v) is 3.68. The van der Waals surface area contributed by atoms with Gasteiger partial charge < -0.3 is 4.42 Å². The Kier molecular flexibility index (Phi) is 4.65. The molecule has 1 N–H and O–H groups in total. The molecule has 126 valence electrons. The monoisotopic (exact) mass is 337 g/mol. The Morgan fingerprint density at radius 2 is 1.88 bits per heavy atom. The second-order valence-electron chi connectivity index (χ2n) is 5.60. The molecule has 2 aromatic heterocycles. The van der Waals surface area contributed by atoms with Gasteiger partial charge in [-0.25, -0.2) is 4.98 Å². The predicted octanol–water partition coefficient (Wildman–Crippen LogP) is 2.19. The van der Waals surface area contributed by atoms with E-state index in [0.29, 0.717) is 17.7 Å².